The normalized spacial score (nSPS) is 15.1. The number of carbonyl (C=O) groups is 1. The van der Waals surface area contributed by atoms with Gasteiger partial charge in [0.25, 0.3) is 11.6 Å². The van der Waals surface area contributed by atoms with E-state index in [2.05, 4.69) is 15.5 Å². The number of hydrogen-bond donors (Lipinski definition) is 1. The Morgan fingerprint density at radius 1 is 1.16 bits per heavy atom. The molecule has 8 heteroatoms. The predicted octanol–water partition coefficient (Wildman–Crippen LogP) is 3.91. The highest BCUT2D eigenvalue weighted by atomic mass is 19.1. The molecule has 0 aliphatic carbocycles. The first-order valence-corrected chi connectivity index (χ1v) is 9.78. The van der Waals surface area contributed by atoms with E-state index < -0.39 is 0 Å². The minimum atomic E-state index is -0.352. The predicted molar refractivity (Wildman–Crippen MR) is 111 cm³/mol. The fraction of sp³-hybridized carbons (Fsp3) is 0.174. The van der Waals surface area contributed by atoms with Crippen LogP contribution in [0.5, 0.6) is 11.5 Å². The summed E-state index contributed by atoms with van der Waals surface area (Å²) in [6.07, 6.45) is -0.323. The van der Waals surface area contributed by atoms with E-state index in [9.17, 15) is 9.18 Å². The van der Waals surface area contributed by atoms with Gasteiger partial charge in [-0.1, -0.05) is 17.3 Å². The maximum atomic E-state index is 13.3. The van der Waals surface area contributed by atoms with E-state index in [-0.39, 0.29) is 30.1 Å². The molecule has 2 aromatic carbocycles. The molecule has 1 aliphatic rings. The Bertz CT molecular complexity index is 1270. The number of nitrogens with one attached hydrogen (secondary N) is 1. The average Bonchev–Trinajstić information content (AvgIpc) is 3.18. The molecule has 156 valence electrons. The lowest BCUT2D eigenvalue weighted by Crippen LogP contribution is -2.40. The SMILES string of the molecule is Cc1noc2nc(-c3ccc(F)cc3)cc(C(=O)NCC3COc4ccccc4O3)c12. The lowest BCUT2D eigenvalue weighted by atomic mass is 10.0. The van der Waals surface area contributed by atoms with Crippen molar-refractivity contribution in [3.05, 3.63) is 71.7 Å². The lowest BCUT2D eigenvalue weighted by molar-refractivity contribution is 0.0790. The largest absolute Gasteiger partial charge is 0.486 e. The zero-order valence-corrected chi connectivity index (χ0v) is 16.6. The quantitative estimate of drug-likeness (QED) is 0.540. The van der Waals surface area contributed by atoms with E-state index >= 15 is 0 Å². The summed E-state index contributed by atoms with van der Waals surface area (Å²) in [6, 6.07) is 14.9. The lowest BCUT2D eigenvalue weighted by Gasteiger charge is -2.26. The van der Waals surface area contributed by atoms with Gasteiger partial charge in [0.2, 0.25) is 0 Å². The second-order valence-corrected chi connectivity index (χ2v) is 7.22. The van der Waals surface area contributed by atoms with Crippen LogP contribution >= 0.6 is 0 Å². The summed E-state index contributed by atoms with van der Waals surface area (Å²) in [6.45, 7) is 2.33. The van der Waals surface area contributed by atoms with E-state index in [1.54, 1.807) is 25.1 Å². The third-order valence-electron chi connectivity index (χ3n) is 5.06. The summed E-state index contributed by atoms with van der Waals surface area (Å²) in [7, 11) is 0. The summed E-state index contributed by atoms with van der Waals surface area (Å²) < 4.78 is 30.2. The van der Waals surface area contributed by atoms with Crippen LogP contribution < -0.4 is 14.8 Å². The molecule has 0 saturated carbocycles. The van der Waals surface area contributed by atoms with E-state index in [4.69, 9.17) is 14.0 Å². The Kier molecular flexibility index (Phi) is 4.74. The molecule has 0 bridgehead atoms. The van der Waals surface area contributed by atoms with Crippen molar-refractivity contribution < 1.29 is 23.2 Å². The van der Waals surface area contributed by atoms with Crippen LogP contribution in [0.25, 0.3) is 22.4 Å². The summed E-state index contributed by atoms with van der Waals surface area (Å²) in [5.74, 6) is 0.664. The van der Waals surface area contributed by atoms with Crippen molar-refractivity contribution in [2.24, 2.45) is 0 Å². The molecule has 0 saturated heterocycles. The van der Waals surface area contributed by atoms with Crippen LogP contribution in [0.3, 0.4) is 0 Å². The topological polar surface area (TPSA) is 86.5 Å². The second-order valence-electron chi connectivity index (χ2n) is 7.22. The Labute approximate surface area is 176 Å². The van der Waals surface area contributed by atoms with Gasteiger partial charge < -0.3 is 19.3 Å². The van der Waals surface area contributed by atoms with E-state index in [1.807, 2.05) is 24.3 Å². The van der Waals surface area contributed by atoms with Gasteiger partial charge in [-0.15, -0.1) is 0 Å². The molecule has 5 rings (SSSR count). The fourth-order valence-electron chi connectivity index (χ4n) is 3.51. The van der Waals surface area contributed by atoms with Crippen LogP contribution in [0, 0.1) is 12.7 Å². The van der Waals surface area contributed by atoms with Crippen molar-refractivity contribution in [3.8, 4) is 22.8 Å². The number of pyridine rings is 1. The molecule has 4 aromatic rings. The van der Waals surface area contributed by atoms with Gasteiger partial charge in [0.05, 0.1) is 28.9 Å². The molecule has 1 unspecified atom stereocenters. The molecular weight excluding hydrogens is 401 g/mol. The number of aryl methyl sites for hydroxylation is 1. The third kappa shape index (κ3) is 3.68. The van der Waals surface area contributed by atoms with Gasteiger partial charge in [0.1, 0.15) is 18.5 Å². The van der Waals surface area contributed by atoms with Crippen molar-refractivity contribution in [2.45, 2.75) is 13.0 Å². The van der Waals surface area contributed by atoms with Gasteiger partial charge in [-0.05, 0) is 49.4 Å². The fourth-order valence-corrected chi connectivity index (χ4v) is 3.51. The van der Waals surface area contributed by atoms with E-state index in [1.165, 1.54) is 12.1 Å². The van der Waals surface area contributed by atoms with Crippen molar-refractivity contribution >= 4 is 17.0 Å². The van der Waals surface area contributed by atoms with Gasteiger partial charge in [0, 0.05) is 5.56 Å². The van der Waals surface area contributed by atoms with Crippen LogP contribution in [0.2, 0.25) is 0 Å². The highest BCUT2D eigenvalue weighted by Crippen LogP contribution is 2.31. The van der Waals surface area contributed by atoms with Crippen molar-refractivity contribution in [1.29, 1.82) is 0 Å². The number of nitrogens with zero attached hydrogens (tertiary/aromatic N) is 2. The molecule has 1 aliphatic heterocycles. The summed E-state index contributed by atoms with van der Waals surface area (Å²) in [4.78, 5) is 17.5. The van der Waals surface area contributed by atoms with Gasteiger partial charge in [-0.3, -0.25) is 4.79 Å². The number of aromatic nitrogens is 2. The maximum Gasteiger partial charge on any atom is 0.259 e. The molecule has 31 heavy (non-hydrogen) atoms. The van der Waals surface area contributed by atoms with E-state index in [0.29, 0.717) is 46.0 Å². The first kappa shape index (κ1) is 19.0. The summed E-state index contributed by atoms with van der Waals surface area (Å²) >= 11 is 0. The molecule has 0 spiro atoms. The van der Waals surface area contributed by atoms with Crippen LogP contribution in [0.1, 0.15) is 16.1 Å². The molecule has 0 fully saturated rings. The second kappa shape index (κ2) is 7.71. The number of rotatable bonds is 4. The number of para-hydroxylation sites is 2. The van der Waals surface area contributed by atoms with Crippen molar-refractivity contribution in [2.75, 3.05) is 13.2 Å². The summed E-state index contributed by atoms with van der Waals surface area (Å²) in [5.41, 5.74) is 2.33. The van der Waals surface area contributed by atoms with Crippen molar-refractivity contribution in [1.82, 2.24) is 15.5 Å². The Balaban J connectivity index is 1.40. The van der Waals surface area contributed by atoms with Crippen LogP contribution in [0.15, 0.2) is 59.1 Å². The number of carbonyl (C=O) groups excluding carboxylic acids is 1. The standard InChI is InChI=1S/C23H18FN3O4/c1-13-21-17(10-18(26-23(21)31-27-13)14-6-8-15(24)9-7-14)22(28)25-11-16-12-29-19-4-2-3-5-20(19)30-16/h2-10,16H,11-12H2,1H3,(H,25,28). The summed E-state index contributed by atoms with van der Waals surface area (Å²) in [5, 5.41) is 7.37. The van der Waals surface area contributed by atoms with E-state index in [0.717, 1.165) is 0 Å². The smallest absolute Gasteiger partial charge is 0.259 e. The first-order valence-electron chi connectivity index (χ1n) is 9.78. The molecule has 1 N–H and O–H groups in total. The highest BCUT2D eigenvalue weighted by molar-refractivity contribution is 6.07. The minimum Gasteiger partial charge on any atom is -0.486 e. The Morgan fingerprint density at radius 3 is 2.74 bits per heavy atom. The molecule has 2 aromatic heterocycles. The first-order chi connectivity index (χ1) is 15.1. The minimum absolute atomic E-state index is 0.246. The van der Waals surface area contributed by atoms with Crippen molar-refractivity contribution in [3.63, 3.8) is 0 Å². The monoisotopic (exact) mass is 419 g/mol. The third-order valence-corrected chi connectivity index (χ3v) is 5.06. The molecule has 7 nitrogen and oxygen atoms in total. The number of fused-ring (bicyclic) bond motifs is 2. The van der Waals surface area contributed by atoms with Gasteiger partial charge in [-0.2, -0.15) is 0 Å². The number of benzene rings is 2. The molecule has 0 radical (unpaired) electrons. The molecular formula is C23H18FN3O4. The molecule has 3 heterocycles. The van der Waals surface area contributed by atoms with Crippen LogP contribution in [-0.4, -0.2) is 35.3 Å². The average molecular weight is 419 g/mol. The van der Waals surface area contributed by atoms with Gasteiger partial charge in [0.15, 0.2) is 11.5 Å². The number of ether oxygens (including phenoxy) is 2. The van der Waals surface area contributed by atoms with Crippen LogP contribution in [0.4, 0.5) is 4.39 Å². The van der Waals surface area contributed by atoms with Gasteiger partial charge in [-0.25, -0.2) is 9.37 Å². The van der Waals surface area contributed by atoms with Gasteiger partial charge >= 0.3 is 0 Å². The number of halogens is 1. The molecule has 1 amide bonds. The maximum absolute atomic E-state index is 13.3. The Hall–Kier alpha value is -3.94. The number of hydrogen-bond acceptors (Lipinski definition) is 6. The zero-order valence-electron chi connectivity index (χ0n) is 16.6. The Morgan fingerprint density at radius 2 is 1.94 bits per heavy atom. The van der Waals surface area contributed by atoms with Crippen LogP contribution in [-0.2, 0) is 0 Å². The molecule has 1 atom stereocenters. The zero-order chi connectivity index (χ0) is 21.4. The number of amides is 1. The highest BCUT2D eigenvalue weighted by Gasteiger charge is 2.23.